The average molecular weight is 329 g/mol. The van der Waals surface area contributed by atoms with Crippen molar-refractivity contribution in [3.8, 4) is 17.2 Å². The highest BCUT2D eigenvalue weighted by Crippen LogP contribution is 2.34. The quantitative estimate of drug-likeness (QED) is 0.795. The second-order valence-corrected chi connectivity index (χ2v) is 5.24. The maximum atomic E-state index is 11.8. The lowest BCUT2D eigenvalue weighted by Gasteiger charge is -2.14. The van der Waals surface area contributed by atoms with Crippen molar-refractivity contribution >= 4 is 6.03 Å². The lowest BCUT2D eigenvalue weighted by atomic mass is 10.2. The largest absolute Gasteiger partial charge is 0.492 e. The van der Waals surface area contributed by atoms with E-state index in [0.29, 0.717) is 30.4 Å². The summed E-state index contributed by atoms with van der Waals surface area (Å²) in [6.45, 7) is 2.85. The van der Waals surface area contributed by atoms with Gasteiger partial charge in [-0.25, -0.2) is 4.79 Å². The summed E-state index contributed by atoms with van der Waals surface area (Å²) in [5, 5.41) is 5.57. The molecular formula is C17H19N3O4. The van der Waals surface area contributed by atoms with Gasteiger partial charge in [0.1, 0.15) is 12.4 Å². The number of carbonyl (C=O) groups excluding carboxylic acids is 1. The highest BCUT2D eigenvalue weighted by Gasteiger charge is 2.14. The lowest BCUT2D eigenvalue weighted by molar-refractivity contribution is 0.173. The minimum Gasteiger partial charge on any atom is -0.492 e. The van der Waals surface area contributed by atoms with E-state index in [-0.39, 0.29) is 18.9 Å². The number of amides is 2. The summed E-state index contributed by atoms with van der Waals surface area (Å²) in [6, 6.07) is 10.5. The first kappa shape index (κ1) is 15.9. The van der Waals surface area contributed by atoms with Crippen molar-refractivity contribution in [2.24, 2.45) is 0 Å². The van der Waals surface area contributed by atoms with Crippen LogP contribution in [0, 0.1) is 0 Å². The Hall–Kier alpha value is -2.96. The van der Waals surface area contributed by atoms with Gasteiger partial charge in [-0.05, 0) is 31.2 Å². The van der Waals surface area contributed by atoms with E-state index in [4.69, 9.17) is 14.2 Å². The molecule has 2 amide bonds. The van der Waals surface area contributed by atoms with Crippen LogP contribution in [0.5, 0.6) is 17.2 Å². The van der Waals surface area contributed by atoms with Crippen LogP contribution in [0.3, 0.4) is 0 Å². The van der Waals surface area contributed by atoms with Crippen molar-refractivity contribution in [1.82, 2.24) is 15.6 Å². The molecule has 2 heterocycles. The lowest BCUT2D eigenvalue weighted by Crippen LogP contribution is -2.39. The van der Waals surface area contributed by atoms with Crippen LogP contribution in [-0.4, -0.2) is 31.0 Å². The van der Waals surface area contributed by atoms with Crippen LogP contribution in [0.2, 0.25) is 0 Å². The molecule has 7 heteroatoms. The normalized spacial score (nSPS) is 13.2. The maximum absolute atomic E-state index is 11.8. The summed E-state index contributed by atoms with van der Waals surface area (Å²) >= 11 is 0. The number of hydrogen-bond donors (Lipinski definition) is 2. The van der Waals surface area contributed by atoms with Crippen LogP contribution in [0.15, 0.2) is 42.6 Å². The first-order valence-corrected chi connectivity index (χ1v) is 7.70. The summed E-state index contributed by atoms with van der Waals surface area (Å²) in [5.74, 6) is 2.05. The molecule has 2 N–H and O–H groups in total. The first-order chi connectivity index (χ1) is 11.7. The van der Waals surface area contributed by atoms with Gasteiger partial charge >= 0.3 is 6.03 Å². The number of pyridine rings is 1. The zero-order valence-corrected chi connectivity index (χ0v) is 13.3. The maximum Gasteiger partial charge on any atom is 0.315 e. The van der Waals surface area contributed by atoms with Gasteiger partial charge in [-0.2, -0.15) is 0 Å². The zero-order valence-electron chi connectivity index (χ0n) is 13.3. The molecule has 0 aliphatic carbocycles. The second kappa shape index (κ2) is 7.54. The van der Waals surface area contributed by atoms with E-state index < -0.39 is 0 Å². The number of urea groups is 1. The van der Waals surface area contributed by atoms with E-state index in [9.17, 15) is 4.79 Å². The third-order valence-corrected chi connectivity index (χ3v) is 3.48. The molecule has 1 aromatic carbocycles. The van der Waals surface area contributed by atoms with Gasteiger partial charge in [-0.3, -0.25) is 4.98 Å². The molecule has 126 valence electrons. The van der Waals surface area contributed by atoms with Crippen molar-refractivity contribution in [3.05, 3.63) is 48.3 Å². The van der Waals surface area contributed by atoms with Crippen molar-refractivity contribution in [3.63, 3.8) is 0 Å². The van der Waals surface area contributed by atoms with Crippen LogP contribution in [0.4, 0.5) is 4.79 Å². The molecule has 0 saturated heterocycles. The average Bonchev–Trinajstić information content (AvgIpc) is 3.07. The summed E-state index contributed by atoms with van der Waals surface area (Å²) in [4.78, 5) is 16.1. The van der Waals surface area contributed by atoms with Gasteiger partial charge in [0.2, 0.25) is 6.79 Å². The SMILES string of the molecule is CC(NC(=O)NCCOc1ccc2c(c1)OCO2)c1ccccn1. The highest BCUT2D eigenvalue weighted by molar-refractivity contribution is 5.74. The van der Waals surface area contributed by atoms with E-state index in [1.54, 1.807) is 24.4 Å². The van der Waals surface area contributed by atoms with Crippen LogP contribution < -0.4 is 24.8 Å². The molecule has 0 radical (unpaired) electrons. The molecule has 1 aromatic heterocycles. The molecule has 0 saturated carbocycles. The van der Waals surface area contributed by atoms with Gasteiger partial charge in [0.05, 0.1) is 18.3 Å². The Morgan fingerprint density at radius 1 is 1.29 bits per heavy atom. The minimum atomic E-state index is -0.262. The molecule has 0 spiro atoms. The second-order valence-electron chi connectivity index (χ2n) is 5.24. The Morgan fingerprint density at radius 2 is 2.17 bits per heavy atom. The van der Waals surface area contributed by atoms with E-state index in [1.165, 1.54) is 0 Å². The number of rotatable bonds is 6. The van der Waals surface area contributed by atoms with E-state index in [0.717, 1.165) is 5.69 Å². The molecule has 2 aromatic rings. The summed E-state index contributed by atoms with van der Waals surface area (Å²) < 4.78 is 16.1. The van der Waals surface area contributed by atoms with E-state index >= 15 is 0 Å². The van der Waals surface area contributed by atoms with Gasteiger partial charge in [0.25, 0.3) is 0 Å². The Morgan fingerprint density at radius 3 is 3.00 bits per heavy atom. The third kappa shape index (κ3) is 4.07. The van der Waals surface area contributed by atoms with Crippen molar-refractivity contribution in [1.29, 1.82) is 0 Å². The standard InChI is InChI=1S/C17H19N3O4/c1-12(14-4-2-3-7-18-14)20-17(21)19-8-9-22-13-5-6-15-16(10-13)24-11-23-15/h2-7,10,12H,8-9,11H2,1H3,(H2,19,20,21). The van der Waals surface area contributed by atoms with Gasteiger partial charge < -0.3 is 24.8 Å². The topological polar surface area (TPSA) is 81.7 Å². The molecule has 1 unspecified atom stereocenters. The number of aromatic nitrogens is 1. The monoisotopic (exact) mass is 329 g/mol. The van der Waals surface area contributed by atoms with Crippen LogP contribution in [-0.2, 0) is 0 Å². The van der Waals surface area contributed by atoms with Crippen molar-refractivity contribution in [2.45, 2.75) is 13.0 Å². The fourth-order valence-electron chi connectivity index (χ4n) is 2.25. The zero-order chi connectivity index (χ0) is 16.8. The Balaban J connectivity index is 1.38. The smallest absolute Gasteiger partial charge is 0.315 e. The van der Waals surface area contributed by atoms with Crippen molar-refractivity contribution < 1.29 is 19.0 Å². The molecule has 1 aliphatic rings. The summed E-state index contributed by atoms with van der Waals surface area (Å²) in [7, 11) is 0. The Bertz CT molecular complexity index is 693. The molecule has 0 fully saturated rings. The number of ether oxygens (including phenoxy) is 3. The molecule has 1 atom stereocenters. The number of nitrogens with one attached hydrogen (secondary N) is 2. The van der Waals surface area contributed by atoms with Crippen molar-refractivity contribution in [2.75, 3.05) is 19.9 Å². The highest BCUT2D eigenvalue weighted by atomic mass is 16.7. The molecular weight excluding hydrogens is 310 g/mol. The number of benzene rings is 1. The molecule has 7 nitrogen and oxygen atoms in total. The van der Waals surface area contributed by atoms with Crippen LogP contribution in [0.25, 0.3) is 0 Å². The first-order valence-electron chi connectivity index (χ1n) is 7.70. The van der Waals surface area contributed by atoms with Gasteiger partial charge in [0, 0.05) is 12.3 Å². The molecule has 3 rings (SSSR count). The van der Waals surface area contributed by atoms with E-state index in [1.807, 2.05) is 25.1 Å². The van der Waals surface area contributed by atoms with Crippen LogP contribution >= 0.6 is 0 Å². The number of nitrogens with zero attached hydrogens (tertiary/aromatic N) is 1. The summed E-state index contributed by atoms with van der Waals surface area (Å²) in [5.41, 5.74) is 0.809. The number of fused-ring (bicyclic) bond motifs is 1. The van der Waals surface area contributed by atoms with Crippen LogP contribution in [0.1, 0.15) is 18.7 Å². The predicted octanol–water partition coefficient (Wildman–Crippen LogP) is 2.25. The fraction of sp³-hybridized carbons (Fsp3) is 0.294. The third-order valence-electron chi connectivity index (χ3n) is 3.48. The minimum absolute atomic E-state index is 0.166. The van der Waals surface area contributed by atoms with Gasteiger partial charge in [0.15, 0.2) is 11.5 Å². The molecule has 24 heavy (non-hydrogen) atoms. The Kier molecular flexibility index (Phi) is 5.00. The number of carbonyl (C=O) groups is 1. The Labute approximate surface area is 139 Å². The van der Waals surface area contributed by atoms with Gasteiger partial charge in [-0.15, -0.1) is 0 Å². The molecule has 0 bridgehead atoms. The number of hydrogen-bond acceptors (Lipinski definition) is 5. The predicted molar refractivity (Wildman–Crippen MR) is 87.2 cm³/mol. The fourth-order valence-corrected chi connectivity index (χ4v) is 2.25. The molecule has 1 aliphatic heterocycles. The summed E-state index contributed by atoms with van der Waals surface area (Å²) in [6.07, 6.45) is 1.70. The van der Waals surface area contributed by atoms with Gasteiger partial charge in [-0.1, -0.05) is 6.07 Å². The van der Waals surface area contributed by atoms with E-state index in [2.05, 4.69) is 15.6 Å².